The number of aryl methyl sites for hydroxylation is 1. The highest BCUT2D eigenvalue weighted by Gasteiger charge is 2.31. The van der Waals surface area contributed by atoms with Crippen LogP contribution in [0.2, 0.25) is 0 Å². The van der Waals surface area contributed by atoms with Crippen molar-refractivity contribution in [3.8, 4) is 5.75 Å². The Labute approximate surface area is 161 Å². The number of carbonyl (C=O) groups is 1. The number of carbonyl (C=O) groups excluding carboxylic acids is 1. The van der Waals surface area contributed by atoms with Crippen molar-refractivity contribution in [1.29, 1.82) is 0 Å². The van der Waals surface area contributed by atoms with E-state index < -0.39 is 11.6 Å². The van der Waals surface area contributed by atoms with E-state index in [0.717, 1.165) is 17.0 Å². The average molecular weight is 386 g/mol. The first kappa shape index (κ1) is 18.2. The van der Waals surface area contributed by atoms with Gasteiger partial charge in [-0.2, -0.15) is 0 Å². The van der Waals surface area contributed by atoms with E-state index in [2.05, 4.69) is 10.7 Å². The molecule has 0 aliphatic carbocycles. The molecule has 0 radical (unpaired) electrons. The van der Waals surface area contributed by atoms with Crippen LogP contribution < -0.4 is 20.4 Å². The zero-order chi connectivity index (χ0) is 19.8. The molecule has 2 amide bonds. The molecule has 0 spiro atoms. The Hall–Kier alpha value is -3.13. The van der Waals surface area contributed by atoms with Gasteiger partial charge in [-0.1, -0.05) is 12.1 Å². The van der Waals surface area contributed by atoms with Gasteiger partial charge in [0.25, 0.3) is 0 Å². The summed E-state index contributed by atoms with van der Waals surface area (Å²) in [7, 11) is 1.85. The third kappa shape index (κ3) is 3.27. The first-order valence-corrected chi connectivity index (χ1v) is 8.88. The van der Waals surface area contributed by atoms with E-state index in [0.29, 0.717) is 24.5 Å². The molecular weight excluding hydrogens is 366 g/mol. The molecule has 0 atom stereocenters. The summed E-state index contributed by atoms with van der Waals surface area (Å²) in [6.07, 6.45) is 0. The predicted octanol–water partition coefficient (Wildman–Crippen LogP) is 3.04. The summed E-state index contributed by atoms with van der Waals surface area (Å²) in [6.45, 7) is 2.76. The number of anilines is 1. The summed E-state index contributed by atoms with van der Waals surface area (Å²) in [6, 6.07) is 8.70. The van der Waals surface area contributed by atoms with Crippen molar-refractivity contribution in [2.24, 2.45) is 0 Å². The number of amides is 2. The van der Waals surface area contributed by atoms with Crippen LogP contribution in [0.5, 0.6) is 5.75 Å². The summed E-state index contributed by atoms with van der Waals surface area (Å²) < 4.78 is 33.2. The minimum atomic E-state index is -0.653. The average Bonchev–Trinajstić information content (AvgIpc) is 3.02. The molecule has 146 valence electrons. The molecule has 28 heavy (non-hydrogen) atoms. The normalized spacial score (nSPS) is 16.4. The van der Waals surface area contributed by atoms with Crippen LogP contribution >= 0.6 is 0 Å². The van der Waals surface area contributed by atoms with Crippen molar-refractivity contribution in [1.82, 2.24) is 15.8 Å². The van der Waals surface area contributed by atoms with E-state index in [-0.39, 0.29) is 18.2 Å². The first-order chi connectivity index (χ1) is 13.4. The van der Waals surface area contributed by atoms with Gasteiger partial charge in [0.15, 0.2) is 0 Å². The highest BCUT2D eigenvalue weighted by molar-refractivity contribution is 5.95. The van der Waals surface area contributed by atoms with Crippen molar-refractivity contribution in [2.45, 2.75) is 13.5 Å². The van der Waals surface area contributed by atoms with Gasteiger partial charge in [0, 0.05) is 25.2 Å². The lowest BCUT2D eigenvalue weighted by atomic mass is 10.1. The summed E-state index contributed by atoms with van der Waals surface area (Å²) >= 11 is 0. The molecule has 2 N–H and O–H groups in total. The van der Waals surface area contributed by atoms with Crippen LogP contribution in [0.1, 0.15) is 11.1 Å². The molecule has 0 unspecified atom stereocenters. The number of rotatable bonds is 4. The highest BCUT2D eigenvalue weighted by Crippen LogP contribution is 2.30. The minimum Gasteiger partial charge on any atom is -0.489 e. The van der Waals surface area contributed by atoms with E-state index in [1.807, 2.05) is 20.0 Å². The van der Waals surface area contributed by atoms with Crippen molar-refractivity contribution in [2.75, 3.05) is 25.0 Å². The fourth-order valence-electron chi connectivity index (χ4n) is 3.34. The second kappa shape index (κ2) is 7.12. The molecule has 0 saturated heterocycles. The smallest absolute Gasteiger partial charge is 0.327 e. The third-order valence-corrected chi connectivity index (χ3v) is 4.94. The topological polar surface area (TPSA) is 56.8 Å². The van der Waals surface area contributed by atoms with Crippen molar-refractivity contribution >= 4 is 11.7 Å². The fraction of sp³-hybridized carbons (Fsp3) is 0.250. The number of ether oxygens (including phenoxy) is 1. The lowest BCUT2D eigenvalue weighted by Gasteiger charge is -2.31. The van der Waals surface area contributed by atoms with E-state index >= 15 is 0 Å². The Balaban J connectivity index is 1.56. The molecule has 0 saturated carbocycles. The van der Waals surface area contributed by atoms with Gasteiger partial charge in [-0.3, -0.25) is 15.2 Å². The van der Waals surface area contributed by atoms with E-state index in [1.54, 1.807) is 22.0 Å². The maximum absolute atomic E-state index is 13.8. The van der Waals surface area contributed by atoms with Crippen LogP contribution in [0.3, 0.4) is 0 Å². The predicted molar refractivity (Wildman–Crippen MR) is 101 cm³/mol. The molecule has 2 aromatic carbocycles. The van der Waals surface area contributed by atoms with Gasteiger partial charge in [-0.05, 0) is 30.7 Å². The number of nitrogens with zero attached hydrogens (tertiary/aromatic N) is 2. The number of nitrogens with one attached hydrogen (secondary N) is 2. The van der Waals surface area contributed by atoms with Crippen LogP contribution in [0.15, 0.2) is 47.8 Å². The quantitative estimate of drug-likeness (QED) is 0.848. The lowest BCUT2D eigenvalue weighted by Crippen LogP contribution is -2.47. The Bertz CT molecular complexity index is 956. The van der Waals surface area contributed by atoms with Crippen LogP contribution in [0.4, 0.5) is 19.3 Å². The number of hydrogen-bond donors (Lipinski definition) is 2. The molecule has 0 bridgehead atoms. The lowest BCUT2D eigenvalue weighted by molar-refractivity contribution is 0.241. The van der Waals surface area contributed by atoms with E-state index in [1.165, 1.54) is 18.2 Å². The molecular formula is C20H20F2N4O2. The molecule has 2 aromatic rings. The fourth-order valence-corrected chi connectivity index (χ4v) is 3.34. The van der Waals surface area contributed by atoms with Crippen molar-refractivity contribution in [3.05, 3.63) is 70.6 Å². The number of urea groups is 1. The molecule has 2 aliphatic rings. The first-order valence-electron chi connectivity index (χ1n) is 8.88. The van der Waals surface area contributed by atoms with Crippen LogP contribution in [0.25, 0.3) is 0 Å². The molecule has 8 heteroatoms. The van der Waals surface area contributed by atoms with Gasteiger partial charge in [0.2, 0.25) is 0 Å². The van der Waals surface area contributed by atoms with Crippen molar-refractivity contribution in [3.63, 3.8) is 0 Å². The zero-order valence-corrected chi connectivity index (χ0v) is 15.6. The van der Waals surface area contributed by atoms with Gasteiger partial charge in [0.1, 0.15) is 29.8 Å². The monoisotopic (exact) mass is 386 g/mol. The molecule has 6 nitrogen and oxygen atoms in total. The summed E-state index contributed by atoms with van der Waals surface area (Å²) in [5.74, 6) is -0.0982. The Morgan fingerprint density at radius 2 is 1.93 bits per heavy atom. The largest absolute Gasteiger partial charge is 0.489 e. The number of hydrogen-bond acceptors (Lipinski definition) is 4. The molecule has 0 aromatic heterocycles. The Morgan fingerprint density at radius 3 is 2.68 bits per heavy atom. The molecule has 2 aliphatic heterocycles. The molecule has 4 rings (SSSR count). The summed E-state index contributed by atoms with van der Waals surface area (Å²) in [5.41, 5.74) is 5.67. The summed E-state index contributed by atoms with van der Waals surface area (Å²) in [5, 5.41) is 4.68. The maximum Gasteiger partial charge on any atom is 0.327 e. The Kier molecular flexibility index (Phi) is 4.64. The van der Waals surface area contributed by atoms with Crippen LogP contribution in [-0.4, -0.2) is 31.2 Å². The minimum absolute atomic E-state index is 0.129. The van der Waals surface area contributed by atoms with Crippen LogP contribution in [0, 0.1) is 18.6 Å². The number of halogens is 2. The van der Waals surface area contributed by atoms with Gasteiger partial charge in [-0.15, -0.1) is 0 Å². The van der Waals surface area contributed by atoms with Gasteiger partial charge >= 0.3 is 6.03 Å². The standard InChI is InChI=1S/C20H20F2N4O2/c1-12-6-7-14(28-11-15-16(21)4-3-5-17(15)22)8-18(12)26-10-13-9-23-25(2)19(13)24-20(26)27/h3-8,23H,9-11H2,1-2H3,(H,24,27). The van der Waals surface area contributed by atoms with Gasteiger partial charge in [0.05, 0.1) is 17.8 Å². The second-order valence-corrected chi connectivity index (χ2v) is 6.80. The number of hydrazine groups is 1. The molecule has 2 heterocycles. The van der Waals surface area contributed by atoms with Crippen molar-refractivity contribution < 1.29 is 18.3 Å². The van der Waals surface area contributed by atoms with E-state index in [9.17, 15) is 13.6 Å². The highest BCUT2D eigenvalue weighted by atomic mass is 19.1. The SMILES string of the molecule is Cc1ccc(OCc2c(F)cccc2F)cc1N1CC2=C(NC1=O)N(C)NC2. The van der Waals surface area contributed by atoms with Crippen LogP contribution in [-0.2, 0) is 6.61 Å². The van der Waals surface area contributed by atoms with E-state index in [4.69, 9.17) is 4.74 Å². The summed E-state index contributed by atoms with van der Waals surface area (Å²) in [4.78, 5) is 14.2. The number of benzene rings is 2. The Morgan fingerprint density at radius 1 is 1.18 bits per heavy atom. The van der Waals surface area contributed by atoms with Gasteiger partial charge in [-0.25, -0.2) is 19.0 Å². The van der Waals surface area contributed by atoms with Gasteiger partial charge < -0.3 is 4.74 Å². The maximum atomic E-state index is 13.8. The second-order valence-electron chi connectivity index (χ2n) is 6.80. The third-order valence-electron chi connectivity index (χ3n) is 4.94. The molecule has 0 fully saturated rings. The zero-order valence-electron chi connectivity index (χ0n) is 15.6.